The largest absolute Gasteiger partial charge is 0.462 e. The number of hydrogen-bond acceptors (Lipinski definition) is 6. The molecule has 0 aromatic rings. The molecule has 0 rings (SSSR count). The van der Waals surface area contributed by atoms with E-state index in [1.54, 1.807) is 0 Å². The molecule has 0 radical (unpaired) electrons. The highest BCUT2D eigenvalue weighted by Gasteiger charge is 2.19. The molecule has 0 heterocycles. The molecular formula is C63H116O6. The fraction of sp³-hybridized carbons (Fsp3) is 0.857. The van der Waals surface area contributed by atoms with Gasteiger partial charge in [0.25, 0.3) is 0 Å². The lowest BCUT2D eigenvalue weighted by molar-refractivity contribution is -0.167. The first-order valence-corrected chi connectivity index (χ1v) is 30.5. The minimum Gasteiger partial charge on any atom is -0.462 e. The van der Waals surface area contributed by atoms with Crippen LogP contribution in [-0.4, -0.2) is 37.2 Å². The van der Waals surface area contributed by atoms with Crippen LogP contribution in [0.25, 0.3) is 0 Å². The van der Waals surface area contributed by atoms with Crippen LogP contribution in [0, 0.1) is 0 Å². The topological polar surface area (TPSA) is 78.9 Å². The number of hydrogen-bond donors (Lipinski definition) is 0. The average Bonchev–Trinajstić information content (AvgIpc) is 3.35. The molecule has 6 heteroatoms. The summed E-state index contributed by atoms with van der Waals surface area (Å²) in [6.45, 7) is 6.58. The molecule has 0 spiro atoms. The molecule has 404 valence electrons. The first kappa shape index (κ1) is 66.6. The molecule has 0 saturated heterocycles. The van der Waals surface area contributed by atoms with Gasteiger partial charge in [0.05, 0.1) is 0 Å². The maximum atomic E-state index is 12.9. The quantitative estimate of drug-likeness (QED) is 0.0261. The van der Waals surface area contributed by atoms with Gasteiger partial charge in [0.2, 0.25) is 0 Å². The van der Waals surface area contributed by atoms with E-state index in [9.17, 15) is 14.4 Å². The van der Waals surface area contributed by atoms with E-state index in [1.165, 1.54) is 212 Å². The monoisotopic (exact) mass is 969 g/mol. The highest BCUT2D eigenvalue weighted by Crippen LogP contribution is 2.17. The van der Waals surface area contributed by atoms with Gasteiger partial charge in [0, 0.05) is 19.3 Å². The van der Waals surface area contributed by atoms with Crippen molar-refractivity contribution in [2.75, 3.05) is 13.2 Å². The maximum absolute atomic E-state index is 12.9. The summed E-state index contributed by atoms with van der Waals surface area (Å²) in [6, 6.07) is 0. The molecule has 1 unspecified atom stereocenters. The van der Waals surface area contributed by atoms with Gasteiger partial charge < -0.3 is 14.2 Å². The van der Waals surface area contributed by atoms with E-state index in [0.29, 0.717) is 19.3 Å². The third kappa shape index (κ3) is 56.4. The number of allylic oxidation sites excluding steroid dienone is 6. The Hall–Kier alpha value is -2.37. The molecule has 0 aromatic carbocycles. The molecule has 0 amide bonds. The van der Waals surface area contributed by atoms with Crippen LogP contribution in [-0.2, 0) is 28.6 Å². The summed E-state index contributed by atoms with van der Waals surface area (Å²) in [6.07, 6.45) is 70.0. The molecule has 0 aliphatic heterocycles. The second-order valence-electron chi connectivity index (χ2n) is 20.6. The van der Waals surface area contributed by atoms with Gasteiger partial charge in [-0.3, -0.25) is 14.4 Å². The minimum absolute atomic E-state index is 0.0732. The molecule has 1 atom stereocenters. The first-order valence-electron chi connectivity index (χ1n) is 30.5. The zero-order valence-electron chi connectivity index (χ0n) is 46.3. The summed E-state index contributed by atoms with van der Waals surface area (Å²) in [4.78, 5) is 38.2. The Labute approximate surface area is 429 Å². The van der Waals surface area contributed by atoms with Gasteiger partial charge in [-0.2, -0.15) is 0 Å². The van der Waals surface area contributed by atoms with E-state index < -0.39 is 6.10 Å². The Morgan fingerprint density at radius 1 is 0.304 bits per heavy atom. The second-order valence-corrected chi connectivity index (χ2v) is 20.6. The van der Waals surface area contributed by atoms with Gasteiger partial charge in [-0.1, -0.05) is 276 Å². The van der Waals surface area contributed by atoms with Crippen molar-refractivity contribution in [3.8, 4) is 0 Å². The summed E-state index contributed by atoms with van der Waals surface area (Å²) < 4.78 is 16.9. The molecular weight excluding hydrogens is 853 g/mol. The predicted molar refractivity (Wildman–Crippen MR) is 298 cm³/mol. The summed E-state index contributed by atoms with van der Waals surface area (Å²) in [5.41, 5.74) is 0. The Morgan fingerprint density at radius 3 is 0.884 bits per heavy atom. The fourth-order valence-electron chi connectivity index (χ4n) is 9.07. The van der Waals surface area contributed by atoms with Gasteiger partial charge in [-0.15, -0.1) is 0 Å². The van der Waals surface area contributed by atoms with Crippen molar-refractivity contribution in [3.05, 3.63) is 36.5 Å². The molecule has 69 heavy (non-hydrogen) atoms. The molecule has 0 aliphatic carbocycles. The van der Waals surface area contributed by atoms with E-state index >= 15 is 0 Å². The lowest BCUT2D eigenvalue weighted by Crippen LogP contribution is -2.30. The summed E-state index contributed by atoms with van der Waals surface area (Å²) in [5, 5.41) is 0. The highest BCUT2D eigenvalue weighted by molar-refractivity contribution is 5.71. The van der Waals surface area contributed by atoms with Crippen molar-refractivity contribution >= 4 is 17.9 Å². The van der Waals surface area contributed by atoms with Crippen LogP contribution in [0.4, 0.5) is 0 Å². The number of carbonyl (C=O) groups excluding carboxylic acids is 3. The summed E-state index contributed by atoms with van der Waals surface area (Å²) in [7, 11) is 0. The normalized spacial score (nSPS) is 12.2. The molecule has 6 nitrogen and oxygen atoms in total. The standard InChI is InChI=1S/C63H116O6/c1-4-7-10-13-16-19-22-25-28-30-32-34-35-38-41-44-47-50-53-56-62(65)68-59-60(58-67-61(64)55-52-49-46-43-40-37-27-24-21-18-15-12-9-6-3)69-63(66)57-54-51-48-45-42-39-36-33-31-29-26-23-20-17-14-11-8-5-2/h9,12,18,21,30,32,60H,4-8,10-11,13-17,19-20,22-29,31,33-59H2,1-3H3/b12-9-,21-18-,32-30-. The van der Waals surface area contributed by atoms with E-state index in [-0.39, 0.29) is 31.1 Å². The molecule has 0 aromatic heterocycles. The van der Waals surface area contributed by atoms with Crippen LogP contribution in [0.1, 0.15) is 329 Å². The third-order valence-corrected chi connectivity index (χ3v) is 13.6. The van der Waals surface area contributed by atoms with Crippen LogP contribution in [0.5, 0.6) is 0 Å². The van der Waals surface area contributed by atoms with E-state index in [4.69, 9.17) is 14.2 Å². The van der Waals surface area contributed by atoms with E-state index in [2.05, 4.69) is 57.2 Å². The van der Waals surface area contributed by atoms with Crippen molar-refractivity contribution in [3.63, 3.8) is 0 Å². The molecule has 0 fully saturated rings. The SMILES string of the molecule is CC/C=C\C/C=C\CCCCCCCCCC(=O)OCC(COC(=O)CCCCCCCCC/C=C\CCCCCCCCCC)OC(=O)CCCCCCCCCCCCCCCCCCCC. The van der Waals surface area contributed by atoms with Crippen LogP contribution >= 0.6 is 0 Å². The lowest BCUT2D eigenvalue weighted by atomic mass is 10.0. The van der Waals surface area contributed by atoms with Crippen LogP contribution in [0.15, 0.2) is 36.5 Å². The lowest BCUT2D eigenvalue weighted by Gasteiger charge is -2.18. The van der Waals surface area contributed by atoms with Crippen LogP contribution in [0.2, 0.25) is 0 Å². The second kappa shape index (κ2) is 58.2. The average molecular weight is 970 g/mol. The van der Waals surface area contributed by atoms with E-state index in [1.807, 2.05) is 0 Å². The van der Waals surface area contributed by atoms with Crippen LogP contribution in [0.3, 0.4) is 0 Å². The molecule has 0 bridgehead atoms. The number of unbranched alkanes of at least 4 members (excludes halogenated alkanes) is 39. The van der Waals surface area contributed by atoms with Gasteiger partial charge in [-0.05, 0) is 70.6 Å². The zero-order valence-corrected chi connectivity index (χ0v) is 46.3. The van der Waals surface area contributed by atoms with E-state index in [0.717, 1.165) is 77.0 Å². The fourth-order valence-corrected chi connectivity index (χ4v) is 9.07. The van der Waals surface area contributed by atoms with Gasteiger partial charge in [0.1, 0.15) is 13.2 Å². The first-order chi connectivity index (χ1) is 34.0. The Balaban J connectivity index is 4.32. The molecule has 0 N–H and O–H groups in total. The van der Waals surface area contributed by atoms with Gasteiger partial charge in [-0.25, -0.2) is 0 Å². The van der Waals surface area contributed by atoms with Crippen molar-refractivity contribution in [1.29, 1.82) is 0 Å². The van der Waals surface area contributed by atoms with Gasteiger partial charge >= 0.3 is 17.9 Å². The van der Waals surface area contributed by atoms with Crippen molar-refractivity contribution in [2.24, 2.45) is 0 Å². The van der Waals surface area contributed by atoms with Crippen molar-refractivity contribution in [2.45, 2.75) is 335 Å². The smallest absolute Gasteiger partial charge is 0.306 e. The Morgan fingerprint density at radius 2 is 0.565 bits per heavy atom. The molecule has 0 saturated carbocycles. The summed E-state index contributed by atoms with van der Waals surface area (Å²) >= 11 is 0. The minimum atomic E-state index is -0.774. The summed E-state index contributed by atoms with van der Waals surface area (Å²) in [5.74, 6) is -0.864. The number of ether oxygens (including phenoxy) is 3. The Kier molecular flexibility index (Phi) is 56.2. The van der Waals surface area contributed by atoms with Crippen molar-refractivity contribution < 1.29 is 28.6 Å². The zero-order chi connectivity index (χ0) is 50.0. The third-order valence-electron chi connectivity index (χ3n) is 13.6. The van der Waals surface area contributed by atoms with Crippen LogP contribution < -0.4 is 0 Å². The number of carbonyl (C=O) groups is 3. The van der Waals surface area contributed by atoms with Crippen molar-refractivity contribution in [1.82, 2.24) is 0 Å². The molecule has 0 aliphatic rings. The maximum Gasteiger partial charge on any atom is 0.306 e. The predicted octanol–water partition coefficient (Wildman–Crippen LogP) is 20.4. The highest BCUT2D eigenvalue weighted by atomic mass is 16.6. The Bertz CT molecular complexity index is 1160. The number of rotatable bonds is 56. The number of esters is 3. The van der Waals surface area contributed by atoms with Gasteiger partial charge in [0.15, 0.2) is 6.10 Å².